The molecular formula is C20H27N7O3. The summed E-state index contributed by atoms with van der Waals surface area (Å²) in [5.41, 5.74) is 1.53. The second-order valence-corrected chi connectivity index (χ2v) is 6.71. The van der Waals surface area contributed by atoms with Crippen molar-refractivity contribution in [3.8, 4) is 0 Å². The molecule has 3 heterocycles. The molecule has 0 saturated heterocycles. The molecule has 30 heavy (non-hydrogen) atoms. The van der Waals surface area contributed by atoms with Gasteiger partial charge < -0.3 is 25.4 Å². The molecule has 0 aliphatic heterocycles. The Balaban J connectivity index is 1.61. The van der Waals surface area contributed by atoms with Crippen LogP contribution >= 0.6 is 0 Å². The van der Waals surface area contributed by atoms with E-state index in [4.69, 9.17) is 4.84 Å². The van der Waals surface area contributed by atoms with E-state index in [0.29, 0.717) is 29.2 Å². The molecule has 0 saturated carbocycles. The number of carbonyl (C=O) groups excluding carboxylic acids is 1. The number of amides is 1. The summed E-state index contributed by atoms with van der Waals surface area (Å²) in [7, 11) is 1.40. The summed E-state index contributed by atoms with van der Waals surface area (Å²) in [6, 6.07) is 4.87. The smallest absolute Gasteiger partial charge is 0.285 e. The zero-order valence-corrected chi connectivity index (χ0v) is 17.4. The average molecular weight is 413 g/mol. The number of anilines is 2. The molecule has 0 aromatic carbocycles. The Morgan fingerprint density at radius 3 is 2.83 bits per heavy atom. The van der Waals surface area contributed by atoms with Gasteiger partial charge in [-0.3, -0.25) is 9.59 Å². The number of carbonyl (C=O) groups is 1. The van der Waals surface area contributed by atoms with Gasteiger partial charge >= 0.3 is 0 Å². The fraction of sp³-hybridized carbons (Fsp3) is 0.400. The topological polar surface area (TPSA) is 117 Å². The van der Waals surface area contributed by atoms with E-state index in [-0.39, 0.29) is 17.9 Å². The molecule has 3 N–H and O–H groups in total. The highest BCUT2D eigenvalue weighted by molar-refractivity contribution is 5.79. The van der Waals surface area contributed by atoms with Crippen LogP contribution < -0.4 is 21.0 Å². The number of fused-ring (bicyclic) bond motifs is 1. The molecule has 0 aliphatic carbocycles. The maximum absolute atomic E-state index is 12.1. The number of aromatic amines is 1. The van der Waals surface area contributed by atoms with Crippen LogP contribution in [0.3, 0.4) is 0 Å². The van der Waals surface area contributed by atoms with Crippen LogP contribution in [0.25, 0.3) is 11.0 Å². The van der Waals surface area contributed by atoms with Crippen LogP contribution in [0.5, 0.6) is 0 Å². The van der Waals surface area contributed by atoms with Gasteiger partial charge in [-0.05, 0) is 25.2 Å². The van der Waals surface area contributed by atoms with E-state index in [1.807, 2.05) is 6.07 Å². The van der Waals surface area contributed by atoms with Crippen LogP contribution in [-0.2, 0) is 11.2 Å². The lowest BCUT2D eigenvalue weighted by Gasteiger charge is -2.17. The maximum Gasteiger partial charge on any atom is 0.285 e. The predicted octanol–water partition coefficient (Wildman–Crippen LogP) is 0.922. The van der Waals surface area contributed by atoms with Crippen LogP contribution in [0, 0.1) is 0 Å². The predicted molar refractivity (Wildman–Crippen MR) is 115 cm³/mol. The molecule has 3 aromatic heterocycles. The Morgan fingerprint density at radius 1 is 1.30 bits per heavy atom. The number of aromatic nitrogens is 4. The first-order valence-corrected chi connectivity index (χ1v) is 9.90. The molecule has 0 aliphatic rings. The van der Waals surface area contributed by atoms with Crippen molar-refractivity contribution in [3.05, 3.63) is 46.6 Å². The first kappa shape index (κ1) is 21.3. The summed E-state index contributed by atoms with van der Waals surface area (Å²) in [6.07, 6.45) is 3.60. The number of nitrogens with zero attached hydrogens (tertiary/aromatic N) is 4. The summed E-state index contributed by atoms with van der Waals surface area (Å²) >= 11 is 0. The van der Waals surface area contributed by atoms with Crippen molar-refractivity contribution in [1.29, 1.82) is 0 Å². The summed E-state index contributed by atoms with van der Waals surface area (Å²) in [4.78, 5) is 43.1. The minimum Gasteiger partial charge on any atom is -0.412 e. The number of H-pyrrole nitrogens is 1. The van der Waals surface area contributed by atoms with E-state index >= 15 is 0 Å². The molecule has 0 radical (unpaired) electrons. The van der Waals surface area contributed by atoms with Crippen molar-refractivity contribution in [2.45, 2.75) is 20.3 Å². The second-order valence-electron chi connectivity index (χ2n) is 6.71. The van der Waals surface area contributed by atoms with E-state index in [9.17, 15) is 9.59 Å². The standard InChI is InChI=1S/C20H27N7O3/c1-4-26(5-2)9-8-21-17(28)11-15-10-16(13-22-15)24-20-23-12-14-6-7-18(29)27(30-3)19(14)25-20/h6-7,10,12-13,22H,4-5,8-9,11H2,1-3H3,(H,21,28)(H,23,24,25). The van der Waals surface area contributed by atoms with Crippen molar-refractivity contribution in [1.82, 2.24) is 29.9 Å². The van der Waals surface area contributed by atoms with E-state index < -0.39 is 0 Å². The molecule has 1 amide bonds. The third kappa shape index (κ3) is 5.15. The summed E-state index contributed by atoms with van der Waals surface area (Å²) in [6.45, 7) is 7.60. The molecule has 0 bridgehead atoms. The first-order chi connectivity index (χ1) is 14.5. The molecule has 10 nitrogen and oxygen atoms in total. The van der Waals surface area contributed by atoms with Crippen molar-refractivity contribution < 1.29 is 9.63 Å². The van der Waals surface area contributed by atoms with E-state index in [1.54, 1.807) is 18.5 Å². The minimum atomic E-state index is -0.314. The van der Waals surface area contributed by atoms with E-state index in [2.05, 4.69) is 44.3 Å². The van der Waals surface area contributed by atoms with Crippen LogP contribution in [0.15, 0.2) is 35.4 Å². The Kier molecular flexibility index (Phi) is 7.02. The van der Waals surface area contributed by atoms with Crippen LogP contribution in [0.2, 0.25) is 0 Å². The number of likely N-dealkylation sites (N-methyl/N-ethyl adjacent to an activating group) is 1. The summed E-state index contributed by atoms with van der Waals surface area (Å²) in [5, 5.41) is 6.69. The van der Waals surface area contributed by atoms with Gasteiger partial charge in [-0.15, -0.1) is 4.73 Å². The molecule has 0 fully saturated rings. The third-order valence-corrected chi connectivity index (χ3v) is 4.77. The number of hydrogen-bond donors (Lipinski definition) is 3. The molecule has 0 unspecified atom stereocenters. The van der Waals surface area contributed by atoms with Crippen molar-refractivity contribution in [2.24, 2.45) is 0 Å². The van der Waals surface area contributed by atoms with Crippen LogP contribution in [-0.4, -0.2) is 63.8 Å². The number of hydrogen-bond acceptors (Lipinski definition) is 7. The number of rotatable bonds is 10. The molecule has 3 aromatic rings. The van der Waals surface area contributed by atoms with Gasteiger partial charge in [0.05, 0.1) is 12.1 Å². The lowest BCUT2D eigenvalue weighted by molar-refractivity contribution is -0.120. The lowest BCUT2D eigenvalue weighted by Crippen LogP contribution is -2.35. The second kappa shape index (κ2) is 9.88. The van der Waals surface area contributed by atoms with Gasteiger partial charge in [-0.1, -0.05) is 13.8 Å². The molecule has 160 valence electrons. The molecular weight excluding hydrogens is 386 g/mol. The van der Waals surface area contributed by atoms with Crippen LogP contribution in [0.1, 0.15) is 19.5 Å². The largest absolute Gasteiger partial charge is 0.412 e. The van der Waals surface area contributed by atoms with Gasteiger partial charge in [0.25, 0.3) is 5.56 Å². The first-order valence-electron chi connectivity index (χ1n) is 9.90. The number of nitrogens with one attached hydrogen (secondary N) is 3. The van der Waals surface area contributed by atoms with Crippen LogP contribution in [0.4, 0.5) is 11.6 Å². The minimum absolute atomic E-state index is 0.0402. The third-order valence-electron chi connectivity index (χ3n) is 4.77. The Hall–Kier alpha value is -3.40. The fourth-order valence-electron chi connectivity index (χ4n) is 3.11. The van der Waals surface area contributed by atoms with E-state index in [0.717, 1.165) is 30.1 Å². The summed E-state index contributed by atoms with van der Waals surface area (Å²) in [5.74, 6) is 0.273. The average Bonchev–Trinajstić information content (AvgIpc) is 3.17. The van der Waals surface area contributed by atoms with Gasteiger partial charge in [0.2, 0.25) is 11.9 Å². The van der Waals surface area contributed by atoms with Gasteiger partial charge in [-0.25, -0.2) is 4.98 Å². The van der Waals surface area contributed by atoms with Crippen molar-refractivity contribution in [2.75, 3.05) is 38.6 Å². The van der Waals surface area contributed by atoms with Gasteiger partial charge in [0.15, 0.2) is 5.65 Å². The quantitative estimate of drug-likeness (QED) is 0.452. The molecule has 0 atom stereocenters. The molecule has 3 rings (SSSR count). The molecule has 0 spiro atoms. The highest BCUT2D eigenvalue weighted by Gasteiger charge is 2.10. The monoisotopic (exact) mass is 413 g/mol. The van der Waals surface area contributed by atoms with Crippen molar-refractivity contribution >= 4 is 28.6 Å². The van der Waals surface area contributed by atoms with Gasteiger partial charge in [0, 0.05) is 42.6 Å². The zero-order valence-electron chi connectivity index (χ0n) is 17.4. The fourth-order valence-corrected chi connectivity index (χ4v) is 3.11. The van der Waals surface area contributed by atoms with Gasteiger partial charge in [-0.2, -0.15) is 4.98 Å². The number of pyridine rings is 1. The maximum atomic E-state index is 12.1. The normalized spacial score (nSPS) is 11.1. The van der Waals surface area contributed by atoms with E-state index in [1.165, 1.54) is 13.2 Å². The summed E-state index contributed by atoms with van der Waals surface area (Å²) < 4.78 is 1.10. The van der Waals surface area contributed by atoms with Crippen molar-refractivity contribution in [3.63, 3.8) is 0 Å². The SMILES string of the molecule is CCN(CC)CCNC(=O)Cc1cc(Nc2ncc3ccc(=O)n(OC)c3n2)c[nH]1. The van der Waals surface area contributed by atoms with Gasteiger partial charge in [0.1, 0.15) is 7.11 Å². The lowest BCUT2D eigenvalue weighted by atomic mass is 10.3. The Bertz CT molecular complexity index is 1060. The highest BCUT2D eigenvalue weighted by atomic mass is 16.6. The highest BCUT2D eigenvalue weighted by Crippen LogP contribution is 2.16. The Labute approximate surface area is 174 Å². The zero-order chi connectivity index (χ0) is 21.5. The Morgan fingerprint density at radius 2 is 2.10 bits per heavy atom. The molecule has 10 heteroatoms.